The van der Waals surface area contributed by atoms with Gasteiger partial charge < -0.3 is 9.84 Å². The van der Waals surface area contributed by atoms with Crippen molar-refractivity contribution in [2.75, 3.05) is 11.8 Å². The largest absolute Gasteiger partial charge is 0.495 e. The average molecular weight is 308 g/mol. The number of sulfonamides is 1. The standard InChI is InChI=1S/C14H16N2O4S/c1-10-12(4-3-7-15-10)16-21(18,19)14-8-11(9-17)5-6-13(14)20-2/h3-8,16-17H,9H2,1-2H3. The van der Waals surface area contributed by atoms with Crippen LogP contribution in [0.4, 0.5) is 5.69 Å². The number of aromatic nitrogens is 1. The van der Waals surface area contributed by atoms with Crippen LogP contribution in [0.3, 0.4) is 0 Å². The van der Waals surface area contributed by atoms with Crippen LogP contribution in [-0.2, 0) is 16.6 Å². The van der Waals surface area contributed by atoms with Gasteiger partial charge in [0.1, 0.15) is 10.6 Å². The van der Waals surface area contributed by atoms with Crippen LogP contribution in [0, 0.1) is 6.92 Å². The SMILES string of the molecule is COc1ccc(CO)cc1S(=O)(=O)Nc1cccnc1C. The van der Waals surface area contributed by atoms with Gasteiger partial charge >= 0.3 is 0 Å². The first-order valence-electron chi connectivity index (χ1n) is 6.20. The number of aliphatic hydroxyl groups excluding tert-OH is 1. The van der Waals surface area contributed by atoms with Gasteiger partial charge in [-0.05, 0) is 36.8 Å². The van der Waals surface area contributed by atoms with Crippen LogP contribution >= 0.6 is 0 Å². The maximum atomic E-state index is 12.5. The molecule has 2 N–H and O–H groups in total. The number of nitrogens with one attached hydrogen (secondary N) is 1. The Kier molecular flexibility index (Phi) is 4.44. The molecule has 6 nitrogen and oxygen atoms in total. The van der Waals surface area contributed by atoms with E-state index in [9.17, 15) is 8.42 Å². The summed E-state index contributed by atoms with van der Waals surface area (Å²) in [6.07, 6.45) is 1.58. The Balaban J connectivity index is 2.46. The number of aryl methyl sites for hydroxylation is 1. The van der Waals surface area contributed by atoms with Crippen LogP contribution in [0.25, 0.3) is 0 Å². The minimum absolute atomic E-state index is 0.0280. The third-order valence-electron chi connectivity index (χ3n) is 2.95. The summed E-state index contributed by atoms with van der Waals surface area (Å²) in [5.74, 6) is 0.209. The maximum absolute atomic E-state index is 12.5. The van der Waals surface area contributed by atoms with Crippen molar-refractivity contribution in [3.63, 3.8) is 0 Å². The minimum atomic E-state index is -3.84. The number of anilines is 1. The normalized spacial score (nSPS) is 11.2. The highest BCUT2D eigenvalue weighted by atomic mass is 32.2. The second-order valence-electron chi connectivity index (χ2n) is 4.39. The summed E-state index contributed by atoms with van der Waals surface area (Å²) in [6, 6.07) is 7.77. The Labute approximate surface area is 123 Å². The van der Waals surface area contributed by atoms with Crippen molar-refractivity contribution in [2.45, 2.75) is 18.4 Å². The van der Waals surface area contributed by atoms with Crippen molar-refractivity contribution >= 4 is 15.7 Å². The Hall–Kier alpha value is -2.12. The van der Waals surface area contributed by atoms with Gasteiger partial charge in [-0.2, -0.15) is 0 Å². The highest BCUT2D eigenvalue weighted by Crippen LogP contribution is 2.27. The minimum Gasteiger partial charge on any atom is -0.495 e. The maximum Gasteiger partial charge on any atom is 0.265 e. The molecule has 112 valence electrons. The van der Waals surface area contributed by atoms with E-state index in [0.29, 0.717) is 16.9 Å². The third kappa shape index (κ3) is 3.32. The molecule has 0 radical (unpaired) electrons. The molecule has 7 heteroatoms. The van der Waals surface area contributed by atoms with Crippen molar-refractivity contribution in [1.29, 1.82) is 0 Å². The second kappa shape index (κ2) is 6.11. The zero-order chi connectivity index (χ0) is 15.5. The highest BCUT2D eigenvalue weighted by molar-refractivity contribution is 7.92. The molecule has 0 amide bonds. The number of nitrogens with zero attached hydrogens (tertiary/aromatic N) is 1. The van der Waals surface area contributed by atoms with Gasteiger partial charge in [0, 0.05) is 6.20 Å². The van der Waals surface area contributed by atoms with E-state index < -0.39 is 10.0 Å². The van der Waals surface area contributed by atoms with E-state index >= 15 is 0 Å². The number of aliphatic hydroxyl groups is 1. The summed E-state index contributed by atoms with van der Waals surface area (Å²) >= 11 is 0. The molecular formula is C14H16N2O4S. The summed E-state index contributed by atoms with van der Waals surface area (Å²) in [5, 5.41) is 9.16. The molecule has 0 aliphatic heterocycles. The molecule has 1 aromatic heterocycles. The molecule has 2 rings (SSSR count). The van der Waals surface area contributed by atoms with Crippen LogP contribution in [-0.4, -0.2) is 25.6 Å². The Morgan fingerprint density at radius 3 is 2.71 bits per heavy atom. The summed E-state index contributed by atoms with van der Waals surface area (Å²) in [5.41, 5.74) is 1.45. The van der Waals surface area contributed by atoms with E-state index in [1.54, 1.807) is 31.3 Å². The first-order chi connectivity index (χ1) is 9.97. The molecule has 0 fully saturated rings. The smallest absolute Gasteiger partial charge is 0.265 e. The van der Waals surface area contributed by atoms with Crippen molar-refractivity contribution in [2.24, 2.45) is 0 Å². The summed E-state index contributed by atoms with van der Waals surface area (Å²) in [6.45, 7) is 1.46. The number of rotatable bonds is 5. The number of benzene rings is 1. The van der Waals surface area contributed by atoms with Gasteiger partial charge in [-0.3, -0.25) is 9.71 Å². The van der Waals surface area contributed by atoms with Crippen molar-refractivity contribution in [1.82, 2.24) is 4.98 Å². The summed E-state index contributed by atoms with van der Waals surface area (Å²) in [4.78, 5) is 4.01. The Morgan fingerprint density at radius 1 is 1.33 bits per heavy atom. The summed E-state index contributed by atoms with van der Waals surface area (Å²) < 4.78 is 32.6. The van der Waals surface area contributed by atoms with Crippen molar-refractivity contribution < 1.29 is 18.3 Å². The van der Waals surface area contributed by atoms with Gasteiger partial charge in [0.05, 0.1) is 25.1 Å². The number of hydrogen-bond donors (Lipinski definition) is 2. The Bertz CT molecular complexity index is 744. The monoisotopic (exact) mass is 308 g/mol. The zero-order valence-electron chi connectivity index (χ0n) is 11.7. The van der Waals surface area contributed by atoms with E-state index in [1.807, 2.05) is 0 Å². The lowest BCUT2D eigenvalue weighted by Gasteiger charge is -2.13. The Morgan fingerprint density at radius 2 is 2.10 bits per heavy atom. The molecule has 1 heterocycles. The predicted molar refractivity (Wildman–Crippen MR) is 78.7 cm³/mol. The lowest BCUT2D eigenvalue weighted by Crippen LogP contribution is -2.15. The van der Waals surface area contributed by atoms with Gasteiger partial charge in [-0.1, -0.05) is 6.07 Å². The molecular weight excluding hydrogens is 292 g/mol. The van der Waals surface area contributed by atoms with Gasteiger partial charge in [-0.25, -0.2) is 8.42 Å². The van der Waals surface area contributed by atoms with E-state index in [-0.39, 0.29) is 17.3 Å². The van der Waals surface area contributed by atoms with Crippen LogP contribution in [0.15, 0.2) is 41.4 Å². The zero-order valence-corrected chi connectivity index (χ0v) is 12.5. The highest BCUT2D eigenvalue weighted by Gasteiger charge is 2.21. The van der Waals surface area contributed by atoms with Crippen LogP contribution in [0.2, 0.25) is 0 Å². The number of methoxy groups -OCH3 is 1. The van der Waals surface area contributed by atoms with E-state index in [0.717, 1.165) is 0 Å². The molecule has 0 saturated carbocycles. The molecule has 0 aliphatic carbocycles. The molecule has 0 unspecified atom stereocenters. The number of hydrogen-bond acceptors (Lipinski definition) is 5. The van der Waals surface area contributed by atoms with Crippen LogP contribution < -0.4 is 9.46 Å². The lowest BCUT2D eigenvalue weighted by atomic mass is 10.2. The second-order valence-corrected chi connectivity index (χ2v) is 6.04. The number of pyridine rings is 1. The van der Waals surface area contributed by atoms with Crippen molar-refractivity contribution in [3.05, 3.63) is 47.8 Å². The third-order valence-corrected chi connectivity index (χ3v) is 4.34. The van der Waals surface area contributed by atoms with Gasteiger partial charge in [0.2, 0.25) is 0 Å². The molecule has 0 atom stereocenters. The number of ether oxygens (including phenoxy) is 1. The van der Waals surface area contributed by atoms with Crippen LogP contribution in [0.1, 0.15) is 11.3 Å². The van der Waals surface area contributed by atoms with Crippen LogP contribution in [0.5, 0.6) is 5.75 Å². The molecule has 21 heavy (non-hydrogen) atoms. The van der Waals surface area contributed by atoms with E-state index in [1.165, 1.54) is 19.2 Å². The fraction of sp³-hybridized carbons (Fsp3) is 0.214. The van der Waals surface area contributed by atoms with E-state index in [2.05, 4.69) is 9.71 Å². The van der Waals surface area contributed by atoms with Crippen molar-refractivity contribution in [3.8, 4) is 5.75 Å². The van der Waals surface area contributed by atoms with Gasteiger partial charge in [0.25, 0.3) is 10.0 Å². The molecule has 0 saturated heterocycles. The predicted octanol–water partition coefficient (Wildman–Crippen LogP) is 1.69. The quantitative estimate of drug-likeness (QED) is 0.877. The first-order valence-corrected chi connectivity index (χ1v) is 7.68. The topological polar surface area (TPSA) is 88.5 Å². The van der Waals surface area contributed by atoms with Gasteiger partial charge in [0.15, 0.2) is 0 Å². The molecule has 0 spiro atoms. The lowest BCUT2D eigenvalue weighted by molar-refractivity contribution is 0.281. The molecule has 0 bridgehead atoms. The fourth-order valence-corrected chi connectivity index (χ4v) is 3.16. The first kappa shape index (κ1) is 15.3. The molecule has 0 aliphatic rings. The average Bonchev–Trinajstić information content (AvgIpc) is 2.48. The molecule has 1 aromatic carbocycles. The summed E-state index contributed by atoms with van der Waals surface area (Å²) in [7, 11) is -2.45. The van der Waals surface area contributed by atoms with E-state index in [4.69, 9.17) is 9.84 Å². The fourth-order valence-electron chi connectivity index (χ4n) is 1.82. The van der Waals surface area contributed by atoms with Gasteiger partial charge in [-0.15, -0.1) is 0 Å². The molecule has 2 aromatic rings.